The highest BCUT2D eigenvalue weighted by molar-refractivity contribution is 5.83. The summed E-state index contributed by atoms with van der Waals surface area (Å²) in [7, 11) is 0. The van der Waals surface area contributed by atoms with Gasteiger partial charge in [-0.25, -0.2) is 4.68 Å². The van der Waals surface area contributed by atoms with Gasteiger partial charge in [-0.2, -0.15) is 0 Å². The van der Waals surface area contributed by atoms with Crippen molar-refractivity contribution in [3.8, 4) is 11.3 Å². The molecule has 0 unspecified atom stereocenters. The third kappa shape index (κ3) is 3.21. The molecule has 0 atom stereocenters. The minimum Gasteiger partial charge on any atom is -0.296 e. The Morgan fingerprint density at radius 2 is 1.74 bits per heavy atom. The van der Waals surface area contributed by atoms with Crippen LogP contribution in [0.5, 0.6) is 0 Å². The Morgan fingerprint density at radius 1 is 1.04 bits per heavy atom. The van der Waals surface area contributed by atoms with Gasteiger partial charge >= 0.3 is 0 Å². The van der Waals surface area contributed by atoms with Gasteiger partial charge in [-0.1, -0.05) is 73.7 Å². The van der Waals surface area contributed by atoms with E-state index in [0.717, 1.165) is 23.1 Å². The number of hydrogen-bond donors (Lipinski definition) is 0. The minimum absolute atomic E-state index is 0.370. The lowest BCUT2D eigenvalue weighted by Crippen LogP contribution is -2.05. The quantitative estimate of drug-likeness (QED) is 0.671. The molecule has 0 fully saturated rings. The largest absolute Gasteiger partial charge is 0.296 e. The monoisotopic (exact) mass is 305 g/mol. The number of hydrogen-bond acceptors (Lipinski definition) is 3. The number of aromatic nitrogens is 3. The molecule has 0 saturated heterocycles. The zero-order valence-corrected chi connectivity index (χ0v) is 13.3. The summed E-state index contributed by atoms with van der Waals surface area (Å²) in [4.78, 5) is 11.3. The van der Waals surface area contributed by atoms with Crippen molar-refractivity contribution in [1.29, 1.82) is 0 Å². The van der Waals surface area contributed by atoms with Gasteiger partial charge in [-0.05, 0) is 17.0 Å². The molecule has 0 aliphatic rings. The molecule has 0 aliphatic carbocycles. The van der Waals surface area contributed by atoms with E-state index in [1.54, 1.807) is 4.68 Å². The SMILES string of the molecule is CC(C)c1ccc(Cn2nnc(C=O)c2-c2ccccc2)cc1. The summed E-state index contributed by atoms with van der Waals surface area (Å²) in [6.07, 6.45) is 0.758. The van der Waals surface area contributed by atoms with Crippen LogP contribution in [-0.4, -0.2) is 21.3 Å². The maximum Gasteiger partial charge on any atom is 0.172 e. The first-order valence-electron chi connectivity index (χ1n) is 7.72. The van der Waals surface area contributed by atoms with Crippen molar-refractivity contribution in [2.24, 2.45) is 0 Å². The molecule has 0 aliphatic heterocycles. The Morgan fingerprint density at radius 3 is 2.35 bits per heavy atom. The third-order valence-corrected chi connectivity index (χ3v) is 3.90. The number of carbonyl (C=O) groups is 1. The molecule has 0 N–H and O–H groups in total. The molecule has 0 amide bonds. The number of aldehydes is 1. The highest BCUT2D eigenvalue weighted by atomic mass is 16.1. The second kappa shape index (κ2) is 6.57. The van der Waals surface area contributed by atoms with Crippen molar-refractivity contribution in [2.45, 2.75) is 26.3 Å². The zero-order valence-electron chi connectivity index (χ0n) is 13.3. The fraction of sp³-hybridized carbons (Fsp3) is 0.211. The smallest absolute Gasteiger partial charge is 0.172 e. The Balaban J connectivity index is 1.94. The van der Waals surface area contributed by atoms with Crippen molar-refractivity contribution in [3.63, 3.8) is 0 Å². The molecule has 0 radical (unpaired) electrons. The van der Waals surface area contributed by atoms with E-state index in [-0.39, 0.29) is 0 Å². The third-order valence-electron chi connectivity index (χ3n) is 3.90. The van der Waals surface area contributed by atoms with Gasteiger partial charge in [-0.3, -0.25) is 4.79 Å². The van der Waals surface area contributed by atoms with Crippen LogP contribution < -0.4 is 0 Å². The Kier molecular flexibility index (Phi) is 4.33. The normalized spacial score (nSPS) is 10.9. The fourth-order valence-corrected chi connectivity index (χ4v) is 2.59. The zero-order chi connectivity index (χ0) is 16.2. The Labute approximate surface area is 135 Å². The van der Waals surface area contributed by atoms with E-state index in [1.165, 1.54) is 5.56 Å². The lowest BCUT2D eigenvalue weighted by molar-refractivity contribution is 0.111. The van der Waals surface area contributed by atoms with Gasteiger partial charge < -0.3 is 0 Å². The predicted octanol–water partition coefficient (Wildman–Crippen LogP) is 3.93. The second-order valence-corrected chi connectivity index (χ2v) is 5.86. The molecule has 116 valence electrons. The van der Waals surface area contributed by atoms with Gasteiger partial charge in [-0.15, -0.1) is 5.10 Å². The maximum absolute atomic E-state index is 11.3. The van der Waals surface area contributed by atoms with Crippen LogP contribution in [0.25, 0.3) is 11.3 Å². The van der Waals surface area contributed by atoms with Gasteiger partial charge in [0.05, 0.1) is 12.2 Å². The standard InChI is InChI=1S/C19H19N3O/c1-14(2)16-10-8-15(9-11-16)12-22-19(18(13-23)20-21-22)17-6-4-3-5-7-17/h3-11,13-14H,12H2,1-2H3. The van der Waals surface area contributed by atoms with Crippen molar-refractivity contribution in [1.82, 2.24) is 15.0 Å². The molecule has 2 aromatic carbocycles. The van der Waals surface area contributed by atoms with E-state index < -0.39 is 0 Å². The molecule has 0 bridgehead atoms. The highest BCUT2D eigenvalue weighted by Crippen LogP contribution is 2.22. The van der Waals surface area contributed by atoms with Gasteiger partial charge in [0.1, 0.15) is 0 Å². The van der Waals surface area contributed by atoms with Crippen LogP contribution in [0, 0.1) is 0 Å². The predicted molar refractivity (Wildman–Crippen MR) is 90.5 cm³/mol. The maximum atomic E-state index is 11.3. The Hall–Kier alpha value is -2.75. The summed E-state index contributed by atoms with van der Waals surface area (Å²) < 4.78 is 1.78. The van der Waals surface area contributed by atoms with Gasteiger partial charge in [0, 0.05) is 5.56 Å². The van der Waals surface area contributed by atoms with Crippen LogP contribution in [-0.2, 0) is 6.54 Å². The lowest BCUT2D eigenvalue weighted by Gasteiger charge is -2.09. The van der Waals surface area contributed by atoms with Crippen molar-refractivity contribution >= 4 is 6.29 Å². The van der Waals surface area contributed by atoms with Crippen LogP contribution in [0.2, 0.25) is 0 Å². The molecule has 0 spiro atoms. The lowest BCUT2D eigenvalue weighted by atomic mass is 10.0. The van der Waals surface area contributed by atoms with Crippen LogP contribution in [0.1, 0.15) is 41.4 Å². The van der Waals surface area contributed by atoms with Crippen molar-refractivity contribution < 1.29 is 4.79 Å². The number of nitrogens with zero attached hydrogens (tertiary/aromatic N) is 3. The van der Waals surface area contributed by atoms with E-state index in [1.807, 2.05) is 30.3 Å². The fourth-order valence-electron chi connectivity index (χ4n) is 2.59. The van der Waals surface area contributed by atoms with Crippen LogP contribution in [0.4, 0.5) is 0 Å². The average Bonchev–Trinajstić information content (AvgIpc) is 2.99. The van der Waals surface area contributed by atoms with Crippen molar-refractivity contribution in [2.75, 3.05) is 0 Å². The first kappa shape index (κ1) is 15.2. The van der Waals surface area contributed by atoms with Gasteiger partial charge in [0.2, 0.25) is 0 Å². The van der Waals surface area contributed by atoms with Crippen LogP contribution in [0.15, 0.2) is 54.6 Å². The molecule has 1 aromatic heterocycles. The first-order valence-corrected chi connectivity index (χ1v) is 7.72. The van der Waals surface area contributed by atoms with E-state index in [9.17, 15) is 4.79 Å². The van der Waals surface area contributed by atoms with E-state index in [2.05, 4.69) is 48.4 Å². The Bertz CT molecular complexity index is 789. The van der Waals surface area contributed by atoms with E-state index in [0.29, 0.717) is 18.2 Å². The van der Waals surface area contributed by atoms with Gasteiger partial charge in [0.25, 0.3) is 0 Å². The van der Waals surface area contributed by atoms with Crippen LogP contribution >= 0.6 is 0 Å². The number of rotatable bonds is 5. The number of benzene rings is 2. The van der Waals surface area contributed by atoms with E-state index in [4.69, 9.17) is 0 Å². The average molecular weight is 305 g/mol. The molecule has 4 nitrogen and oxygen atoms in total. The van der Waals surface area contributed by atoms with E-state index >= 15 is 0 Å². The molecule has 3 rings (SSSR count). The summed E-state index contributed by atoms with van der Waals surface area (Å²) in [5, 5.41) is 8.15. The molecular formula is C19H19N3O. The summed E-state index contributed by atoms with van der Waals surface area (Å²) in [5.74, 6) is 0.511. The molecular weight excluding hydrogens is 286 g/mol. The summed E-state index contributed by atoms with van der Waals surface area (Å²) >= 11 is 0. The summed E-state index contributed by atoms with van der Waals surface area (Å²) in [6.45, 7) is 4.94. The molecule has 23 heavy (non-hydrogen) atoms. The molecule has 4 heteroatoms. The van der Waals surface area contributed by atoms with Crippen molar-refractivity contribution in [3.05, 3.63) is 71.4 Å². The first-order chi connectivity index (χ1) is 11.2. The van der Waals surface area contributed by atoms with Gasteiger partial charge in [0.15, 0.2) is 12.0 Å². The van der Waals surface area contributed by atoms with Crippen LogP contribution in [0.3, 0.4) is 0 Å². The molecule has 1 heterocycles. The summed E-state index contributed by atoms with van der Waals surface area (Å²) in [5.41, 5.74) is 4.51. The highest BCUT2D eigenvalue weighted by Gasteiger charge is 2.14. The summed E-state index contributed by atoms with van der Waals surface area (Å²) in [6, 6.07) is 18.2. The topological polar surface area (TPSA) is 47.8 Å². The number of carbonyl (C=O) groups excluding carboxylic acids is 1. The molecule has 3 aromatic rings. The molecule has 0 saturated carbocycles. The second-order valence-electron chi connectivity index (χ2n) is 5.86. The minimum atomic E-state index is 0.370.